The van der Waals surface area contributed by atoms with Crippen LogP contribution in [0.25, 0.3) is 0 Å². The van der Waals surface area contributed by atoms with Crippen LogP contribution in [0.1, 0.15) is 31.7 Å². The minimum Gasteiger partial charge on any atom is -0.317 e. The number of piperidine rings is 1. The maximum Gasteiger partial charge on any atom is 0.417 e. The molecular weight excluding hydrogens is 400 g/mol. The highest BCUT2D eigenvalue weighted by Crippen LogP contribution is 2.39. The Morgan fingerprint density at radius 2 is 1.88 bits per heavy atom. The lowest BCUT2D eigenvalue weighted by Gasteiger charge is -2.34. The average Bonchev–Trinajstić information content (AvgIpc) is 2.52. The minimum absolute atomic E-state index is 0. The normalized spacial score (nSPS) is 16.7. The topological polar surface area (TPSA) is 49.4 Å². The number of hydrogen-bond donors (Lipinski definition) is 1. The van der Waals surface area contributed by atoms with Crippen LogP contribution >= 0.6 is 24.0 Å². The Balaban J connectivity index is 0.00000312. The van der Waals surface area contributed by atoms with Crippen LogP contribution in [0.3, 0.4) is 0 Å². The maximum atomic E-state index is 13.3. The Morgan fingerprint density at radius 1 is 1.28 bits per heavy atom. The van der Waals surface area contributed by atoms with Crippen molar-refractivity contribution in [3.8, 4) is 0 Å². The molecule has 1 aliphatic heterocycles. The summed E-state index contributed by atoms with van der Waals surface area (Å²) in [6.07, 6.45) is -3.16. The van der Waals surface area contributed by atoms with Gasteiger partial charge in [-0.1, -0.05) is 24.6 Å². The van der Waals surface area contributed by atoms with Crippen LogP contribution in [-0.2, 0) is 16.2 Å². The highest BCUT2D eigenvalue weighted by Gasteiger charge is 2.42. The zero-order valence-corrected chi connectivity index (χ0v) is 16.0. The Labute approximate surface area is 157 Å². The van der Waals surface area contributed by atoms with Gasteiger partial charge in [0, 0.05) is 12.6 Å². The second-order valence-electron chi connectivity index (χ2n) is 5.71. The summed E-state index contributed by atoms with van der Waals surface area (Å²) in [7, 11) is -4.35. The third-order valence-corrected chi connectivity index (χ3v) is 6.48. The van der Waals surface area contributed by atoms with E-state index >= 15 is 0 Å². The van der Waals surface area contributed by atoms with Gasteiger partial charge < -0.3 is 5.32 Å². The van der Waals surface area contributed by atoms with Crippen LogP contribution in [0, 0.1) is 0 Å². The molecule has 0 spiro atoms. The molecule has 0 unspecified atom stereocenters. The quantitative estimate of drug-likeness (QED) is 0.784. The van der Waals surface area contributed by atoms with E-state index in [9.17, 15) is 21.6 Å². The van der Waals surface area contributed by atoms with E-state index < -0.39 is 31.7 Å². The van der Waals surface area contributed by atoms with Gasteiger partial charge in [0.05, 0.1) is 10.6 Å². The van der Waals surface area contributed by atoms with Crippen LogP contribution in [0.4, 0.5) is 13.2 Å². The lowest BCUT2D eigenvalue weighted by Crippen LogP contribution is -2.46. The third kappa shape index (κ3) is 5.01. The first-order chi connectivity index (χ1) is 11.2. The predicted molar refractivity (Wildman–Crippen MR) is 93.8 cm³/mol. The highest BCUT2D eigenvalue weighted by molar-refractivity contribution is 7.89. The summed E-state index contributed by atoms with van der Waals surface area (Å²) in [6.45, 7) is 3.22. The molecule has 0 atom stereocenters. The van der Waals surface area contributed by atoms with Gasteiger partial charge in [0.1, 0.15) is 4.90 Å². The van der Waals surface area contributed by atoms with Gasteiger partial charge in [0.25, 0.3) is 0 Å². The molecular formula is C15H21Cl2F3N2O2S. The van der Waals surface area contributed by atoms with Crippen molar-refractivity contribution in [2.45, 2.75) is 43.3 Å². The molecule has 0 radical (unpaired) electrons. The van der Waals surface area contributed by atoms with Crippen LogP contribution in [0.2, 0.25) is 5.02 Å². The van der Waals surface area contributed by atoms with Crippen LogP contribution in [0.5, 0.6) is 0 Å². The summed E-state index contributed by atoms with van der Waals surface area (Å²) < 4.78 is 67.1. The Morgan fingerprint density at radius 3 is 2.40 bits per heavy atom. The number of alkyl halides is 3. The summed E-state index contributed by atoms with van der Waals surface area (Å²) in [4.78, 5) is -0.842. The first kappa shape index (κ1) is 22.5. The van der Waals surface area contributed by atoms with Gasteiger partial charge in [0.15, 0.2) is 0 Å². The Hall–Kier alpha value is -0.540. The zero-order chi connectivity index (χ0) is 18.0. The van der Waals surface area contributed by atoms with E-state index in [1.807, 2.05) is 0 Å². The molecule has 1 N–H and O–H groups in total. The van der Waals surface area contributed by atoms with Crippen molar-refractivity contribution in [3.63, 3.8) is 0 Å². The number of sulfonamides is 1. The molecule has 25 heavy (non-hydrogen) atoms. The maximum absolute atomic E-state index is 13.3. The molecule has 2 rings (SSSR count). The summed E-state index contributed by atoms with van der Waals surface area (Å²) in [5.74, 6) is 0. The van der Waals surface area contributed by atoms with Crippen molar-refractivity contribution in [2.24, 2.45) is 0 Å². The van der Waals surface area contributed by atoms with Crippen molar-refractivity contribution >= 4 is 34.0 Å². The molecule has 1 heterocycles. The predicted octanol–water partition coefficient (Wildman–Crippen LogP) is 3.93. The van der Waals surface area contributed by atoms with E-state index in [1.54, 1.807) is 6.92 Å². The van der Waals surface area contributed by atoms with E-state index in [2.05, 4.69) is 5.32 Å². The number of hydrogen-bond acceptors (Lipinski definition) is 3. The first-order valence-electron chi connectivity index (χ1n) is 7.78. The smallest absolute Gasteiger partial charge is 0.317 e. The molecule has 1 saturated heterocycles. The van der Waals surface area contributed by atoms with Crippen LogP contribution < -0.4 is 5.32 Å². The molecule has 4 nitrogen and oxygen atoms in total. The largest absolute Gasteiger partial charge is 0.417 e. The third-order valence-electron chi connectivity index (χ3n) is 4.00. The van der Waals surface area contributed by atoms with Gasteiger partial charge >= 0.3 is 6.18 Å². The number of nitrogens with zero attached hydrogens (tertiary/aromatic N) is 1. The standard InChI is InChI=1S/C15H20ClF3N2O2S.ClH/c1-2-10-21(11-6-8-20-9-7-11)24(22,23)14-12(15(17,18)19)4-3-5-13(14)16;/h3-5,11,20H,2,6-10H2,1H3;1H. The molecule has 1 aromatic carbocycles. The summed E-state index contributed by atoms with van der Waals surface area (Å²) in [5, 5.41) is 2.72. The number of benzene rings is 1. The molecule has 1 fully saturated rings. The molecule has 0 amide bonds. The average molecular weight is 421 g/mol. The summed E-state index contributed by atoms with van der Waals surface area (Å²) in [5.41, 5.74) is -1.22. The van der Waals surface area contributed by atoms with E-state index in [0.29, 0.717) is 32.4 Å². The van der Waals surface area contributed by atoms with Gasteiger partial charge in [-0.2, -0.15) is 17.5 Å². The SMILES string of the molecule is CCCN(C1CCNCC1)S(=O)(=O)c1c(Cl)cccc1C(F)(F)F.Cl. The van der Waals surface area contributed by atoms with Gasteiger partial charge in [-0.05, 0) is 44.5 Å². The van der Waals surface area contributed by atoms with Crippen molar-refractivity contribution in [1.82, 2.24) is 9.62 Å². The summed E-state index contributed by atoms with van der Waals surface area (Å²) >= 11 is 5.88. The van der Waals surface area contributed by atoms with Crippen molar-refractivity contribution in [2.75, 3.05) is 19.6 Å². The molecule has 0 aliphatic carbocycles. The zero-order valence-electron chi connectivity index (χ0n) is 13.6. The van der Waals surface area contributed by atoms with Gasteiger partial charge in [-0.15, -0.1) is 12.4 Å². The van der Waals surface area contributed by atoms with E-state index in [4.69, 9.17) is 11.6 Å². The van der Waals surface area contributed by atoms with E-state index in [-0.39, 0.29) is 25.0 Å². The summed E-state index contributed by atoms with van der Waals surface area (Å²) in [6, 6.07) is 2.72. The molecule has 1 aliphatic rings. The fourth-order valence-electron chi connectivity index (χ4n) is 2.93. The van der Waals surface area contributed by atoms with Gasteiger partial charge in [-0.25, -0.2) is 8.42 Å². The van der Waals surface area contributed by atoms with Crippen LogP contribution in [0.15, 0.2) is 23.1 Å². The van der Waals surface area contributed by atoms with Crippen molar-refractivity contribution in [3.05, 3.63) is 28.8 Å². The molecule has 0 aromatic heterocycles. The molecule has 10 heteroatoms. The minimum atomic E-state index is -4.79. The molecule has 0 bridgehead atoms. The molecule has 144 valence electrons. The molecule has 1 aromatic rings. The second-order valence-corrected chi connectivity index (χ2v) is 7.95. The Bertz CT molecular complexity index is 678. The fourth-order valence-corrected chi connectivity index (χ4v) is 5.43. The van der Waals surface area contributed by atoms with E-state index in [0.717, 1.165) is 12.1 Å². The number of halogens is 5. The highest BCUT2D eigenvalue weighted by atomic mass is 35.5. The lowest BCUT2D eigenvalue weighted by molar-refractivity contribution is -0.139. The van der Waals surface area contributed by atoms with Gasteiger partial charge in [0.2, 0.25) is 10.0 Å². The van der Waals surface area contributed by atoms with Crippen molar-refractivity contribution < 1.29 is 21.6 Å². The van der Waals surface area contributed by atoms with Gasteiger partial charge in [-0.3, -0.25) is 0 Å². The Kier molecular flexibility index (Phi) is 8.01. The monoisotopic (exact) mass is 420 g/mol. The first-order valence-corrected chi connectivity index (χ1v) is 9.59. The number of nitrogens with one attached hydrogen (secondary N) is 1. The molecule has 0 saturated carbocycles. The van der Waals surface area contributed by atoms with E-state index in [1.165, 1.54) is 10.4 Å². The van der Waals surface area contributed by atoms with Crippen molar-refractivity contribution in [1.29, 1.82) is 0 Å². The fraction of sp³-hybridized carbons (Fsp3) is 0.600. The number of rotatable bonds is 5. The second kappa shape index (κ2) is 8.90. The lowest BCUT2D eigenvalue weighted by atomic mass is 10.1. The van der Waals surface area contributed by atoms with Crippen LogP contribution in [-0.4, -0.2) is 38.4 Å².